The minimum atomic E-state index is -0.156. The summed E-state index contributed by atoms with van der Waals surface area (Å²) in [6, 6.07) is 9.49. The fourth-order valence-electron chi connectivity index (χ4n) is 3.83. The van der Waals surface area contributed by atoms with Crippen molar-refractivity contribution in [3.8, 4) is 28.7 Å². The topological polar surface area (TPSA) is 66.4 Å². The standard InChI is InChI=1S/C22H28O6/c1-12-13(2)22(15-10-18(26-5)20(23)19(11-15)27-6)28-21(12)14-7-8-16(24-3)17(9-14)25-4/h7-13,21-23H,1-6H3/t12-,13-,21+,22-/m0/s1. The van der Waals surface area contributed by atoms with Crippen molar-refractivity contribution in [2.75, 3.05) is 28.4 Å². The van der Waals surface area contributed by atoms with E-state index in [1.54, 1.807) is 14.2 Å². The summed E-state index contributed by atoms with van der Waals surface area (Å²) in [6.07, 6.45) is -0.248. The van der Waals surface area contributed by atoms with E-state index in [2.05, 4.69) is 13.8 Å². The van der Waals surface area contributed by atoms with Crippen molar-refractivity contribution in [2.24, 2.45) is 11.8 Å². The van der Waals surface area contributed by atoms with Gasteiger partial charge in [0.15, 0.2) is 23.0 Å². The van der Waals surface area contributed by atoms with E-state index < -0.39 is 0 Å². The Bertz CT molecular complexity index is 809. The molecule has 0 amide bonds. The number of benzene rings is 2. The highest BCUT2D eigenvalue weighted by molar-refractivity contribution is 5.53. The molecule has 4 atom stereocenters. The summed E-state index contributed by atoms with van der Waals surface area (Å²) < 4.78 is 27.9. The molecule has 0 bridgehead atoms. The lowest BCUT2D eigenvalue weighted by atomic mass is 9.85. The Labute approximate surface area is 165 Å². The Balaban J connectivity index is 1.95. The Morgan fingerprint density at radius 2 is 1.14 bits per heavy atom. The second-order valence-electron chi connectivity index (χ2n) is 7.08. The summed E-state index contributed by atoms with van der Waals surface area (Å²) in [5, 5.41) is 10.2. The van der Waals surface area contributed by atoms with Crippen LogP contribution in [-0.2, 0) is 4.74 Å². The van der Waals surface area contributed by atoms with Crippen LogP contribution >= 0.6 is 0 Å². The van der Waals surface area contributed by atoms with Gasteiger partial charge in [-0.3, -0.25) is 0 Å². The molecule has 6 heteroatoms. The van der Waals surface area contributed by atoms with Gasteiger partial charge in [-0.25, -0.2) is 0 Å². The third kappa shape index (κ3) is 3.44. The van der Waals surface area contributed by atoms with E-state index in [1.165, 1.54) is 14.2 Å². The van der Waals surface area contributed by atoms with Crippen molar-refractivity contribution in [1.29, 1.82) is 0 Å². The maximum absolute atomic E-state index is 10.2. The first-order valence-corrected chi connectivity index (χ1v) is 9.27. The molecule has 3 rings (SSSR count). The normalized spacial score (nSPS) is 24.1. The zero-order valence-corrected chi connectivity index (χ0v) is 17.2. The van der Waals surface area contributed by atoms with Gasteiger partial charge in [-0.1, -0.05) is 19.9 Å². The summed E-state index contributed by atoms with van der Waals surface area (Å²) in [4.78, 5) is 0. The van der Waals surface area contributed by atoms with Gasteiger partial charge < -0.3 is 28.8 Å². The SMILES string of the molecule is COc1ccc([C@@H]2O[C@H](c3cc(OC)c(O)c(OC)c3)[C@@H](C)[C@@H]2C)cc1OC. The van der Waals surface area contributed by atoms with E-state index in [0.29, 0.717) is 23.0 Å². The molecule has 0 spiro atoms. The summed E-state index contributed by atoms with van der Waals surface area (Å²) in [5.74, 6) is 2.61. The van der Waals surface area contributed by atoms with Crippen LogP contribution in [0.4, 0.5) is 0 Å². The summed E-state index contributed by atoms with van der Waals surface area (Å²) >= 11 is 0. The highest BCUT2D eigenvalue weighted by Crippen LogP contribution is 2.51. The number of rotatable bonds is 6. The molecule has 2 aromatic carbocycles. The van der Waals surface area contributed by atoms with Crippen molar-refractivity contribution < 1.29 is 28.8 Å². The largest absolute Gasteiger partial charge is 0.502 e. The van der Waals surface area contributed by atoms with Gasteiger partial charge in [0, 0.05) is 0 Å². The van der Waals surface area contributed by atoms with Crippen LogP contribution in [0.5, 0.6) is 28.7 Å². The lowest BCUT2D eigenvalue weighted by molar-refractivity contribution is 0.0286. The predicted octanol–water partition coefficient (Wildman–Crippen LogP) is 4.51. The van der Waals surface area contributed by atoms with Crippen LogP contribution in [0.3, 0.4) is 0 Å². The molecule has 2 aromatic rings. The van der Waals surface area contributed by atoms with E-state index in [-0.39, 0.29) is 29.8 Å². The number of phenols is 1. The molecule has 1 aliphatic rings. The average Bonchev–Trinajstić information content (AvgIpc) is 3.02. The van der Waals surface area contributed by atoms with Gasteiger partial charge in [-0.05, 0) is 47.2 Å². The maximum Gasteiger partial charge on any atom is 0.200 e. The molecule has 1 heterocycles. The van der Waals surface area contributed by atoms with Crippen molar-refractivity contribution >= 4 is 0 Å². The average molecular weight is 388 g/mol. The fourth-order valence-corrected chi connectivity index (χ4v) is 3.83. The Morgan fingerprint density at radius 3 is 1.64 bits per heavy atom. The molecule has 0 aromatic heterocycles. The first-order valence-electron chi connectivity index (χ1n) is 9.27. The number of hydrogen-bond donors (Lipinski definition) is 1. The van der Waals surface area contributed by atoms with Crippen molar-refractivity contribution in [3.05, 3.63) is 41.5 Å². The molecule has 1 N–H and O–H groups in total. The monoisotopic (exact) mass is 388 g/mol. The molecular formula is C22H28O6. The number of aromatic hydroxyl groups is 1. The van der Waals surface area contributed by atoms with Gasteiger partial charge in [0.2, 0.25) is 5.75 Å². The highest BCUT2D eigenvalue weighted by atomic mass is 16.5. The zero-order valence-electron chi connectivity index (χ0n) is 17.2. The predicted molar refractivity (Wildman–Crippen MR) is 106 cm³/mol. The summed E-state index contributed by atoms with van der Waals surface area (Å²) in [6.45, 7) is 4.35. The summed E-state index contributed by atoms with van der Waals surface area (Å²) in [5.41, 5.74) is 1.95. The molecule has 1 saturated heterocycles. The van der Waals surface area contributed by atoms with E-state index in [1.807, 2.05) is 30.3 Å². The van der Waals surface area contributed by atoms with E-state index in [0.717, 1.165) is 11.1 Å². The van der Waals surface area contributed by atoms with Crippen LogP contribution in [-0.4, -0.2) is 33.5 Å². The van der Waals surface area contributed by atoms with Crippen molar-refractivity contribution in [2.45, 2.75) is 26.1 Å². The third-order valence-corrected chi connectivity index (χ3v) is 5.64. The van der Waals surface area contributed by atoms with Crippen LogP contribution in [0.25, 0.3) is 0 Å². The summed E-state index contributed by atoms with van der Waals surface area (Å²) in [7, 11) is 6.29. The maximum atomic E-state index is 10.2. The molecule has 0 radical (unpaired) electrons. The van der Waals surface area contributed by atoms with Crippen LogP contribution in [0, 0.1) is 11.8 Å². The lowest BCUT2D eigenvalue weighted by Crippen LogP contribution is -2.10. The van der Waals surface area contributed by atoms with Crippen LogP contribution in [0.15, 0.2) is 30.3 Å². The van der Waals surface area contributed by atoms with E-state index >= 15 is 0 Å². The second-order valence-corrected chi connectivity index (χ2v) is 7.08. The van der Waals surface area contributed by atoms with Gasteiger partial charge in [0.1, 0.15) is 0 Å². The number of hydrogen-bond acceptors (Lipinski definition) is 6. The van der Waals surface area contributed by atoms with Crippen LogP contribution < -0.4 is 18.9 Å². The molecular weight excluding hydrogens is 360 g/mol. The van der Waals surface area contributed by atoms with Crippen LogP contribution in [0.1, 0.15) is 37.2 Å². The fraction of sp³-hybridized carbons (Fsp3) is 0.455. The Morgan fingerprint density at radius 1 is 0.679 bits per heavy atom. The van der Waals surface area contributed by atoms with Gasteiger partial charge in [-0.15, -0.1) is 0 Å². The minimum absolute atomic E-state index is 0.0103. The van der Waals surface area contributed by atoms with Gasteiger partial charge in [0.25, 0.3) is 0 Å². The molecule has 1 fully saturated rings. The Hall–Kier alpha value is -2.60. The lowest BCUT2D eigenvalue weighted by Gasteiger charge is -2.19. The molecule has 28 heavy (non-hydrogen) atoms. The van der Waals surface area contributed by atoms with Crippen molar-refractivity contribution in [3.63, 3.8) is 0 Å². The molecule has 6 nitrogen and oxygen atoms in total. The van der Waals surface area contributed by atoms with Crippen molar-refractivity contribution in [1.82, 2.24) is 0 Å². The minimum Gasteiger partial charge on any atom is -0.502 e. The van der Waals surface area contributed by atoms with Gasteiger partial charge in [-0.2, -0.15) is 0 Å². The number of phenolic OH excluding ortho intramolecular Hbond substituents is 1. The number of methoxy groups -OCH3 is 4. The smallest absolute Gasteiger partial charge is 0.200 e. The van der Waals surface area contributed by atoms with Gasteiger partial charge >= 0.3 is 0 Å². The highest BCUT2D eigenvalue weighted by Gasteiger charge is 2.41. The quantitative estimate of drug-likeness (QED) is 0.785. The molecule has 1 aliphatic heterocycles. The van der Waals surface area contributed by atoms with E-state index in [4.69, 9.17) is 23.7 Å². The first-order chi connectivity index (χ1) is 13.4. The number of ether oxygens (including phenoxy) is 5. The molecule has 0 unspecified atom stereocenters. The third-order valence-electron chi connectivity index (χ3n) is 5.64. The van der Waals surface area contributed by atoms with E-state index in [9.17, 15) is 5.11 Å². The molecule has 0 aliphatic carbocycles. The first kappa shape index (κ1) is 20.1. The van der Waals surface area contributed by atoms with Crippen LogP contribution in [0.2, 0.25) is 0 Å². The second kappa shape index (κ2) is 8.19. The molecule has 0 saturated carbocycles. The Kier molecular flexibility index (Phi) is 5.89. The zero-order chi connectivity index (χ0) is 20.4. The van der Waals surface area contributed by atoms with Gasteiger partial charge in [0.05, 0.1) is 40.6 Å². The molecule has 152 valence electrons.